The maximum Gasteiger partial charge on any atom is 0.470 e. The van der Waals surface area contributed by atoms with E-state index >= 15 is 0 Å². The molecule has 0 radical (unpaired) electrons. The monoisotopic (exact) mass is 323 g/mol. The van der Waals surface area contributed by atoms with Crippen molar-refractivity contribution in [3.8, 4) is 0 Å². The van der Waals surface area contributed by atoms with Gasteiger partial charge in [-0.2, -0.15) is 13.2 Å². The zero-order valence-electron chi connectivity index (χ0n) is 12.8. The lowest BCUT2D eigenvalue weighted by molar-refractivity contribution is -0.0762. The summed E-state index contributed by atoms with van der Waals surface area (Å²) in [7, 11) is 0. The third kappa shape index (κ3) is 4.17. The molecule has 0 atom stereocenters. The molecule has 2 aliphatic heterocycles. The van der Waals surface area contributed by atoms with Crippen molar-refractivity contribution in [1.82, 2.24) is 9.91 Å². The molecule has 2 heterocycles. The average Bonchev–Trinajstić information content (AvgIpc) is 2.86. The highest BCUT2D eigenvalue weighted by atomic mass is 19.4. The van der Waals surface area contributed by atoms with Crippen LogP contribution in [0.1, 0.15) is 33.6 Å². The van der Waals surface area contributed by atoms with Crippen molar-refractivity contribution in [2.24, 2.45) is 5.10 Å². The van der Waals surface area contributed by atoms with Crippen LogP contribution in [0.2, 0.25) is 0 Å². The molecule has 126 valence electrons. The molecule has 1 amide bonds. The van der Waals surface area contributed by atoms with Crippen LogP contribution in [-0.4, -0.2) is 59.5 Å². The number of ether oxygens (including phenoxy) is 2. The molecule has 0 N–H and O–H groups in total. The van der Waals surface area contributed by atoms with Crippen LogP contribution in [-0.2, 0) is 9.47 Å². The van der Waals surface area contributed by atoms with Crippen LogP contribution in [0, 0.1) is 0 Å². The molecule has 9 heteroatoms. The Labute approximate surface area is 126 Å². The number of hydrogen-bond acceptors (Lipinski definition) is 5. The highest BCUT2D eigenvalue weighted by Gasteiger charge is 2.43. The average molecular weight is 323 g/mol. The first-order chi connectivity index (χ1) is 10.1. The van der Waals surface area contributed by atoms with E-state index in [-0.39, 0.29) is 12.8 Å². The molecular weight excluding hydrogens is 303 g/mol. The highest BCUT2D eigenvalue weighted by molar-refractivity contribution is 5.82. The molecular formula is C13H20F3N3O3. The summed E-state index contributed by atoms with van der Waals surface area (Å²) in [4.78, 5) is 13.5. The van der Waals surface area contributed by atoms with Gasteiger partial charge in [-0.05, 0) is 33.6 Å². The Bertz CT molecular complexity index is 452. The summed E-state index contributed by atoms with van der Waals surface area (Å²) in [5.74, 6) is -1.21. The van der Waals surface area contributed by atoms with E-state index in [1.165, 1.54) is 5.01 Å². The minimum atomic E-state index is -4.56. The van der Waals surface area contributed by atoms with Gasteiger partial charge in [0.1, 0.15) is 5.60 Å². The van der Waals surface area contributed by atoms with Crippen LogP contribution in [0.4, 0.5) is 18.0 Å². The predicted molar refractivity (Wildman–Crippen MR) is 72.1 cm³/mol. The summed E-state index contributed by atoms with van der Waals surface area (Å²) in [5, 5.41) is 4.78. The van der Waals surface area contributed by atoms with E-state index < -0.39 is 23.8 Å². The molecule has 0 spiro atoms. The van der Waals surface area contributed by atoms with Crippen molar-refractivity contribution in [1.29, 1.82) is 0 Å². The standard InChI is InChI=1S/C13H20F3N3O3/c1-12(2,3)22-11(20)18-6-4-9(5-7-18)19-8-21-10(17-19)13(14,15)16/h9H,4-8H2,1-3H3. The van der Waals surface area contributed by atoms with Crippen LogP contribution >= 0.6 is 0 Å². The molecule has 0 aromatic rings. The predicted octanol–water partition coefficient (Wildman–Crippen LogP) is 2.55. The van der Waals surface area contributed by atoms with Crippen LogP contribution in [0.5, 0.6) is 0 Å². The summed E-state index contributed by atoms with van der Waals surface area (Å²) in [6, 6.07) is -0.168. The first-order valence-corrected chi connectivity index (χ1v) is 7.09. The maximum atomic E-state index is 12.5. The summed E-state index contributed by atoms with van der Waals surface area (Å²) in [6.45, 7) is 6.00. The molecule has 2 aliphatic rings. The van der Waals surface area contributed by atoms with Crippen molar-refractivity contribution < 1.29 is 27.4 Å². The summed E-state index contributed by atoms with van der Waals surface area (Å²) >= 11 is 0. The van der Waals surface area contributed by atoms with Crippen molar-refractivity contribution in [2.45, 2.75) is 51.4 Å². The van der Waals surface area contributed by atoms with E-state index in [9.17, 15) is 18.0 Å². The summed E-state index contributed by atoms with van der Waals surface area (Å²) in [6.07, 6.45) is -3.91. The van der Waals surface area contributed by atoms with Gasteiger partial charge in [0.15, 0.2) is 6.73 Å². The van der Waals surface area contributed by atoms with Gasteiger partial charge in [0, 0.05) is 13.1 Å². The number of rotatable bonds is 1. The van der Waals surface area contributed by atoms with E-state index in [0.29, 0.717) is 25.9 Å². The van der Waals surface area contributed by atoms with Crippen molar-refractivity contribution in [3.05, 3.63) is 0 Å². The highest BCUT2D eigenvalue weighted by Crippen LogP contribution is 2.26. The number of carbonyl (C=O) groups is 1. The number of piperidine rings is 1. The Morgan fingerprint density at radius 2 is 1.86 bits per heavy atom. The second kappa shape index (κ2) is 5.85. The number of hydrazone groups is 1. The Morgan fingerprint density at radius 1 is 1.27 bits per heavy atom. The van der Waals surface area contributed by atoms with E-state index in [1.807, 2.05) is 0 Å². The normalized spacial score (nSPS) is 20.7. The second-order valence-electron chi connectivity index (χ2n) is 6.31. The molecule has 2 rings (SSSR count). The molecule has 0 aliphatic carbocycles. The van der Waals surface area contributed by atoms with Gasteiger partial charge in [-0.1, -0.05) is 0 Å². The number of halogens is 3. The van der Waals surface area contributed by atoms with Gasteiger partial charge >= 0.3 is 18.2 Å². The third-order valence-corrected chi connectivity index (χ3v) is 3.33. The molecule has 0 unspecified atom stereocenters. The molecule has 1 saturated heterocycles. The fourth-order valence-electron chi connectivity index (χ4n) is 2.30. The van der Waals surface area contributed by atoms with Crippen molar-refractivity contribution >= 4 is 12.0 Å². The van der Waals surface area contributed by atoms with Gasteiger partial charge in [-0.25, -0.2) is 4.79 Å². The van der Waals surface area contributed by atoms with Gasteiger partial charge in [0.05, 0.1) is 6.04 Å². The number of hydrogen-bond donors (Lipinski definition) is 0. The fraction of sp³-hybridized carbons (Fsp3) is 0.846. The molecule has 0 bridgehead atoms. The quantitative estimate of drug-likeness (QED) is 0.744. The first kappa shape index (κ1) is 16.7. The van der Waals surface area contributed by atoms with Gasteiger partial charge in [-0.15, -0.1) is 5.10 Å². The lowest BCUT2D eigenvalue weighted by Crippen LogP contribution is -2.46. The number of alkyl halides is 3. The Morgan fingerprint density at radius 3 is 2.32 bits per heavy atom. The SMILES string of the molecule is CC(C)(C)OC(=O)N1CCC(N2COC(C(F)(F)F)=N2)CC1. The van der Waals surface area contributed by atoms with E-state index in [1.54, 1.807) is 25.7 Å². The molecule has 0 saturated carbocycles. The lowest BCUT2D eigenvalue weighted by atomic mass is 10.1. The minimum Gasteiger partial charge on any atom is -0.450 e. The Hall–Kier alpha value is -1.67. The van der Waals surface area contributed by atoms with E-state index in [2.05, 4.69) is 9.84 Å². The smallest absolute Gasteiger partial charge is 0.450 e. The molecule has 0 aromatic carbocycles. The van der Waals surface area contributed by atoms with Gasteiger partial charge in [0.25, 0.3) is 0 Å². The summed E-state index contributed by atoms with van der Waals surface area (Å²) < 4.78 is 47.3. The second-order valence-corrected chi connectivity index (χ2v) is 6.31. The van der Waals surface area contributed by atoms with Crippen molar-refractivity contribution in [2.75, 3.05) is 19.8 Å². The molecule has 0 aromatic heterocycles. The molecule has 22 heavy (non-hydrogen) atoms. The minimum absolute atomic E-state index is 0.168. The molecule has 1 fully saturated rings. The number of carbonyl (C=O) groups excluding carboxylic acids is 1. The van der Waals surface area contributed by atoms with Gasteiger partial charge < -0.3 is 14.4 Å². The lowest BCUT2D eigenvalue weighted by Gasteiger charge is -2.35. The van der Waals surface area contributed by atoms with Crippen LogP contribution < -0.4 is 0 Å². The van der Waals surface area contributed by atoms with E-state index in [0.717, 1.165) is 0 Å². The number of amides is 1. The Balaban J connectivity index is 1.86. The largest absolute Gasteiger partial charge is 0.470 e. The van der Waals surface area contributed by atoms with E-state index in [4.69, 9.17) is 4.74 Å². The number of likely N-dealkylation sites (tertiary alicyclic amines) is 1. The topological polar surface area (TPSA) is 54.4 Å². The van der Waals surface area contributed by atoms with Gasteiger partial charge in [0.2, 0.25) is 0 Å². The fourth-order valence-corrected chi connectivity index (χ4v) is 2.30. The van der Waals surface area contributed by atoms with Crippen LogP contribution in [0.25, 0.3) is 0 Å². The van der Waals surface area contributed by atoms with Crippen LogP contribution in [0.3, 0.4) is 0 Å². The number of nitrogens with zero attached hydrogens (tertiary/aromatic N) is 3. The third-order valence-electron chi connectivity index (χ3n) is 3.33. The summed E-state index contributed by atoms with van der Waals surface area (Å²) in [5.41, 5.74) is -0.567. The zero-order chi connectivity index (χ0) is 16.5. The van der Waals surface area contributed by atoms with Crippen molar-refractivity contribution in [3.63, 3.8) is 0 Å². The molecule has 6 nitrogen and oxygen atoms in total. The zero-order valence-corrected chi connectivity index (χ0v) is 12.8. The Kier molecular flexibility index (Phi) is 4.44. The van der Waals surface area contributed by atoms with Crippen LogP contribution in [0.15, 0.2) is 5.10 Å². The first-order valence-electron chi connectivity index (χ1n) is 7.09. The van der Waals surface area contributed by atoms with Gasteiger partial charge in [-0.3, -0.25) is 5.01 Å². The maximum absolute atomic E-state index is 12.5.